The van der Waals surface area contributed by atoms with Crippen molar-refractivity contribution in [1.82, 2.24) is 20.2 Å². The van der Waals surface area contributed by atoms with Crippen LogP contribution in [0.5, 0.6) is 0 Å². The van der Waals surface area contributed by atoms with E-state index in [1.807, 2.05) is 6.07 Å². The lowest BCUT2D eigenvalue weighted by molar-refractivity contribution is -0.132. The van der Waals surface area contributed by atoms with Gasteiger partial charge in [0.25, 0.3) is 5.92 Å². The van der Waals surface area contributed by atoms with Gasteiger partial charge in [0.1, 0.15) is 6.04 Å². The maximum absolute atomic E-state index is 13.6. The molecule has 9 heteroatoms. The highest BCUT2D eigenvalue weighted by molar-refractivity contribution is 5.79. The highest BCUT2D eigenvalue weighted by atomic mass is 19.3. The van der Waals surface area contributed by atoms with Crippen LogP contribution in [0, 0.1) is 11.3 Å². The summed E-state index contributed by atoms with van der Waals surface area (Å²) in [7, 11) is 0. The number of fused-ring (bicyclic) bond motifs is 2. The molecule has 4 heterocycles. The van der Waals surface area contributed by atoms with Gasteiger partial charge in [0.2, 0.25) is 11.9 Å². The number of alkyl halides is 2. The monoisotopic (exact) mass is 376 g/mol. The largest absolute Gasteiger partial charge is 0.320 e. The van der Waals surface area contributed by atoms with Gasteiger partial charge in [0, 0.05) is 24.9 Å². The second-order valence-electron chi connectivity index (χ2n) is 7.62. The third-order valence-corrected chi connectivity index (χ3v) is 5.92. The van der Waals surface area contributed by atoms with Crippen molar-refractivity contribution in [3.05, 3.63) is 18.5 Å². The number of carbonyl (C=O) groups is 1. The normalized spacial score (nSPS) is 31.7. The molecular formula is C18H22F2N6O. The van der Waals surface area contributed by atoms with E-state index in [4.69, 9.17) is 5.26 Å². The summed E-state index contributed by atoms with van der Waals surface area (Å²) in [6, 6.07) is 2.83. The summed E-state index contributed by atoms with van der Waals surface area (Å²) in [6.45, 7) is -0.767. The molecule has 1 aromatic heterocycles. The third kappa shape index (κ3) is 3.23. The number of carbonyl (C=O) groups excluding carboxylic acids is 1. The number of aromatic nitrogens is 2. The molecule has 3 fully saturated rings. The second kappa shape index (κ2) is 6.68. The molecule has 3 saturated heterocycles. The number of likely N-dealkylation sites (tertiary alicyclic amines) is 1. The number of nitrogens with one attached hydrogen (secondary N) is 1. The van der Waals surface area contributed by atoms with E-state index < -0.39 is 36.5 Å². The summed E-state index contributed by atoms with van der Waals surface area (Å²) in [6.07, 6.45) is 7.53. The summed E-state index contributed by atoms with van der Waals surface area (Å²) in [5.74, 6) is -2.83. The molecule has 3 aliphatic heterocycles. The van der Waals surface area contributed by atoms with Gasteiger partial charge in [-0.1, -0.05) is 0 Å². The minimum atomic E-state index is -3.00. The zero-order valence-electron chi connectivity index (χ0n) is 14.9. The lowest BCUT2D eigenvalue weighted by atomic mass is 9.97. The number of amides is 1. The highest BCUT2D eigenvalue weighted by Crippen LogP contribution is 2.44. The summed E-state index contributed by atoms with van der Waals surface area (Å²) in [4.78, 5) is 24.5. The topological polar surface area (TPSA) is 85.2 Å². The molecule has 3 aliphatic rings. The van der Waals surface area contributed by atoms with Crippen LogP contribution in [-0.2, 0) is 4.79 Å². The van der Waals surface area contributed by atoms with E-state index in [0.29, 0.717) is 12.0 Å². The molecular weight excluding hydrogens is 354 g/mol. The predicted molar refractivity (Wildman–Crippen MR) is 92.8 cm³/mol. The van der Waals surface area contributed by atoms with E-state index in [1.165, 1.54) is 0 Å². The Labute approximate surface area is 156 Å². The first-order valence-corrected chi connectivity index (χ1v) is 9.32. The van der Waals surface area contributed by atoms with Gasteiger partial charge < -0.3 is 9.80 Å². The van der Waals surface area contributed by atoms with Gasteiger partial charge in [-0.3, -0.25) is 10.1 Å². The van der Waals surface area contributed by atoms with Crippen LogP contribution in [0.1, 0.15) is 38.5 Å². The van der Waals surface area contributed by atoms with Crippen molar-refractivity contribution in [2.75, 3.05) is 18.0 Å². The van der Waals surface area contributed by atoms with Crippen LogP contribution in [0.25, 0.3) is 0 Å². The molecule has 0 spiro atoms. The molecule has 0 radical (unpaired) electrons. The van der Waals surface area contributed by atoms with Crippen molar-refractivity contribution < 1.29 is 13.6 Å². The number of halogens is 2. The predicted octanol–water partition coefficient (Wildman–Crippen LogP) is 1.67. The first kappa shape index (κ1) is 18.0. The highest BCUT2D eigenvalue weighted by Gasteiger charge is 2.51. The molecule has 144 valence electrons. The van der Waals surface area contributed by atoms with E-state index in [9.17, 15) is 13.6 Å². The molecule has 1 amide bonds. The molecule has 0 aromatic carbocycles. The first-order chi connectivity index (χ1) is 12.9. The molecule has 1 N–H and O–H groups in total. The van der Waals surface area contributed by atoms with Gasteiger partial charge in [-0.2, -0.15) is 5.26 Å². The van der Waals surface area contributed by atoms with E-state index in [2.05, 4.69) is 20.2 Å². The summed E-state index contributed by atoms with van der Waals surface area (Å²) in [5, 5.41) is 12.4. The fraction of sp³-hybridized carbons (Fsp3) is 0.667. The quantitative estimate of drug-likeness (QED) is 0.861. The minimum Gasteiger partial charge on any atom is -0.320 e. The molecule has 2 unspecified atom stereocenters. The average molecular weight is 376 g/mol. The van der Waals surface area contributed by atoms with Gasteiger partial charge in [-0.15, -0.1) is 0 Å². The Morgan fingerprint density at radius 2 is 2.11 bits per heavy atom. The standard InChI is InChI=1S/C18H22F2N6O/c19-17(20)9-14(10-21)25(12-17)15(27)11-24-18-5-1-3-13(4-6-18)26(18)16-22-7-2-8-23-16/h2,7-8,13-14,24H,1,3-6,9,11-12H2/t13?,14-,18?/m0/s1. The molecule has 4 rings (SSSR count). The molecule has 27 heavy (non-hydrogen) atoms. The Kier molecular flexibility index (Phi) is 4.46. The van der Waals surface area contributed by atoms with Crippen LogP contribution >= 0.6 is 0 Å². The van der Waals surface area contributed by atoms with Crippen LogP contribution in [-0.4, -0.2) is 57.5 Å². The van der Waals surface area contributed by atoms with E-state index >= 15 is 0 Å². The SMILES string of the molecule is N#C[C@@H]1CC(F)(F)CN1C(=O)CNC12CCCC(CC1)N2c1ncccn1. The fourth-order valence-corrected chi connectivity index (χ4v) is 4.72. The molecule has 3 atom stereocenters. The van der Waals surface area contributed by atoms with Gasteiger partial charge in [-0.05, 0) is 38.2 Å². The van der Waals surface area contributed by atoms with Crippen LogP contribution in [0.15, 0.2) is 18.5 Å². The summed E-state index contributed by atoms with van der Waals surface area (Å²) in [5.41, 5.74) is -0.440. The van der Waals surface area contributed by atoms with E-state index in [1.54, 1.807) is 18.5 Å². The molecule has 0 aliphatic carbocycles. The van der Waals surface area contributed by atoms with Gasteiger partial charge >= 0.3 is 0 Å². The van der Waals surface area contributed by atoms with Crippen molar-refractivity contribution in [2.45, 2.75) is 62.2 Å². The molecule has 2 bridgehead atoms. The summed E-state index contributed by atoms with van der Waals surface area (Å²) >= 11 is 0. The lowest BCUT2D eigenvalue weighted by Crippen LogP contribution is -2.62. The third-order valence-electron chi connectivity index (χ3n) is 5.92. The van der Waals surface area contributed by atoms with Gasteiger partial charge in [-0.25, -0.2) is 18.7 Å². The Morgan fingerprint density at radius 3 is 2.85 bits per heavy atom. The van der Waals surface area contributed by atoms with E-state index in [-0.39, 0.29) is 6.54 Å². The van der Waals surface area contributed by atoms with Crippen LogP contribution in [0.3, 0.4) is 0 Å². The Hall–Kier alpha value is -2.34. The number of piperidine rings is 1. The van der Waals surface area contributed by atoms with Crippen molar-refractivity contribution >= 4 is 11.9 Å². The van der Waals surface area contributed by atoms with Crippen LogP contribution in [0.4, 0.5) is 14.7 Å². The van der Waals surface area contributed by atoms with Gasteiger partial charge in [0.05, 0.1) is 24.8 Å². The Bertz CT molecular complexity index is 750. The van der Waals surface area contributed by atoms with Gasteiger partial charge in [0.15, 0.2) is 0 Å². The van der Waals surface area contributed by atoms with Crippen LogP contribution < -0.4 is 10.2 Å². The van der Waals surface area contributed by atoms with Crippen molar-refractivity contribution in [3.8, 4) is 6.07 Å². The minimum absolute atomic E-state index is 0.0791. The van der Waals surface area contributed by atoms with E-state index in [0.717, 1.165) is 37.0 Å². The smallest absolute Gasteiger partial charge is 0.268 e. The first-order valence-electron chi connectivity index (χ1n) is 9.32. The number of hydrogen-bond acceptors (Lipinski definition) is 6. The zero-order chi connectivity index (χ0) is 19.1. The number of hydrogen-bond donors (Lipinski definition) is 1. The Balaban J connectivity index is 1.49. The number of rotatable bonds is 4. The molecule has 7 nitrogen and oxygen atoms in total. The average Bonchev–Trinajstić information content (AvgIpc) is 3.10. The number of nitrogens with zero attached hydrogens (tertiary/aromatic N) is 5. The second-order valence-corrected chi connectivity index (χ2v) is 7.62. The Morgan fingerprint density at radius 1 is 1.33 bits per heavy atom. The van der Waals surface area contributed by atoms with Crippen molar-refractivity contribution in [3.63, 3.8) is 0 Å². The lowest BCUT2D eigenvalue weighted by Gasteiger charge is -2.45. The molecule has 0 saturated carbocycles. The van der Waals surface area contributed by atoms with Crippen molar-refractivity contribution in [2.24, 2.45) is 0 Å². The number of nitriles is 1. The summed E-state index contributed by atoms with van der Waals surface area (Å²) < 4.78 is 27.3. The number of anilines is 1. The molecule has 1 aromatic rings. The fourth-order valence-electron chi connectivity index (χ4n) is 4.72. The van der Waals surface area contributed by atoms with Crippen LogP contribution in [0.2, 0.25) is 0 Å². The maximum Gasteiger partial charge on any atom is 0.268 e. The maximum atomic E-state index is 13.6. The van der Waals surface area contributed by atoms with Crippen molar-refractivity contribution in [1.29, 1.82) is 5.26 Å². The zero-order valence-corrected chi connectivity index (χ0v) is 14.9.